The van der Waals surface area contributed by atoms with Crippen molar-refractivity contribution in [3.63, 3.8) is 0 Å². The first-order valence-electron chi connectivity index (χ1n) is 5.95. The molecule has 2 rings (SSSR count). The first kappa shape index (κ1) is 22.3. The average molecular weight is 338 g/mol. The van der Waals surface area contributed by atoms with Gasteiger partial charge in [-0.3, -0.25) is 0 Å². The van der Waals surface area contributed by atoms with E-state index in [2.05, 4.69) is 48.3 Å². The van der Waals surface area contributed by atoms with E-state index in [0.717, 1.165) is 5.56 Å². The summed E-state index contributed by atoms with van der Waals surface area (Å²) in [5, 5.41) is 0. The van der Waals surface area contributed by atoms with Gasteiger partial charge in [0.1, 0.15) is 0 Å². The molecule has 0 heterocycles. The van der Waals surface area contributed by atoms with Gasteiger partial charge < -0.3 is 0 Å². The van der Waals surface area contributed by atoms with Gasteiger partial charge in [-0.15, -0.1) is 0 Å². The molecule has 22 heavy (non-hydrogen) atoms. The van der Waals surface area contributed by atoms with Crippen LogP contribution in [-0.2, 0) is 34.4 Å². The van der Waals surface area contributed by atoms with Gasteiger partial charge in [0.05, 0.1) is 0 Å². The zero-order chi connectivity index (χ0) is 17.4. The normalized spacial score (nSPS) is 10.2. The van der Waals surface area contributed by atoms with Crippen LogP contribution in [0.25, 0.3) is 0 Å². The summed E-state index contributed by atoms with van der Waals surface area (Å²) >= 11 is 3.16. The van der Waals surface area contributed by atoms with Crippen LogP contribution in [0.15, 0.2) is 54.1 Å². The Hall–Kier alpha value is -1.96. The summed E-state index contributed by atoms with van der Waals surface area (Å²) in [6.07, 6.45) is 8.24. The van der Waals surface area contributed by atoms with Crippen LogP contribution in [0.1, 0.15) is 19.4 Å². The van der Waals surface area contributed by atoms with Gasteiger partial charge in [-0.05, 0) is 6.92 Å². The quantitative estimate of drug-likeness (QED) is 0.360. The van der Waals surface area contributed by atoms with Crippen molar-refractivity contribution in [2.75, 3.05) is 0 Å². The van der Waals surface area contributed by atoms with E-state index in [1.165, 1.54) is 12.5 Å². The Morgan fingerprint density at radius 2 is 1.64 bits per heavy atom. The van der Waals surface area contributed by atoms with Crippen molar-refractivity contribution < 1.29 is 34.4 Å². The van der Waals surface area contributed by atoms with Gasteiger partial charge in [0.25, 0.3) is 0 Å². The van der Waals surface area contributed by atoms with Crippen molar-refractivity contribution in [3.8, 4) is 0 Å². The number of esters is 1. The molecule has 1 radical (unpaired) electrons. The summed E-state index contributed by atoms with van der Waals surface area (Å²) in [7, 11) is 0. The molecule has 1 aromatic carbocycles. The molecule has 1 aliphatic carbocycles. The Balaban J connectivity index is 0. The van der Waals surface area contributed by atoms with Crippen molar-refractivity contribution in [2.24, 2.45) is 0 Å². The maximum absolute atomic E-state index is 10.6. The number of rotatable bonds is 2. The number of hydrogen-bond acceptors (Lipinski definition) is 2. The molecule has 114 valence electrons. The second kappa shape index (κ2) is 15.4. The fourth-order valence-electron chi connectivity index (χ4n) is 1.22. The molecule has 0 aliphatic heterocycles. The molecular formula is C17H15MnO4. The van der Waals surface area contributed by atoms with Gasteiger partial charge in [0.15, 0.2) is 0 Å². The van der Waals surface area contributed by atoms with E-state index in [4.69, 9.17) is 14.0 Å². The molecule has 0 amide bonds. The fraction of sp³-hybridized carbons (Fsp3) is 0.118. The summed E-state index contributed by atoms with van der Waals surface area (Å²) < 4.78 is 20.3. The van der Waals surface area contributed by atoms with E-state index in [1.54, 1.807) is 0 Å². The second-order valence-corrected chi connectivity index (χ2v) is 4.23. The number of allylic oxidation sites excluding steroid dienone is 4. The number of hydrogen-bond donors (Lipinski definition) is 0. The van der Waals surface area contributed by atoms with Gasteiger partial charge >= 0.3 is 101 Å². The topological polar surface area (TPSA) is 66.1 Å². The minimum absolute atomic E-state index is 0.328. The molecule has 0 fully saturated rings. The van der Waals surface area contributed by atoms with Crippen molar-refractivity contribution in [1.82, 2.24) is 0 Å². The van der Waals surface area contributed by atoms with Crippen LogP contribution >= 0.6 is 0 Å². The predicted molar refractivity (Wildman–Crippen MR) is 77.4 cm³/mol. The fourth-order valence-corrected chi connectivity index (χ4v) is 1.59. The minimum atomic E-state index is -0.328. The molecular weight excluding hydrogens is 323 g/mol. The standard InChI is InChI=1S/C9H8O2.C6H7.2CO.Mn/c1-8(10)11-7-9-5-3-2-4-6-9;1-6-4-2-3-5-6;2*1-2;/h2-6H,1H3;2-5H,1H3;;;. The van der Waals surface area contributed by atoms with E-state index in [0.29, 0.717) is 4.60 Å². The summed E-state index contributed by atoms with van der Waals surface area (Å²) in [4.78, 5) is 10.6. The zero-order valence-electron chi connectivity index (χ0n) is 12.2. The molecule has 0 bridgehead atoms. The third-order valence-electron chi connectivity index (χ3n) is 2.06. The van der Waals surface area contributed by atoms with E-state index in [-0.39, 0.29) is 5.97 Å². The molecule has 0 saturated carbocycles. The van der Waals surface area contributed by atoms with E-state index < -0.39 is 0 Å². The summed E-state index contributed by atoms with van der Waals surface area (Å²) in [6.45, 7) is 12.4. The molecule has 1 aliphatic rings. The number of ether oxygens (including phenoxy) is 1. The molecule has 4 nitrogen and oxygen atoms in total. The number of benzene rings is 1. The third-order valence-corrected chi connectivity index (χ3v) is 2.52. The summed E-state index contributed by atoms with van der Waals surface area (Å²) in [5.74, 6) is -0.328. The molecule has 1 aromatic rings. The van der Waals surface area contributed by atoms with Crippen LogP contribution in [0.5, 0.6) is 0 Å². The van der Waals surface area contributed by atoms with Crippen LogP contribution < -0.4 is 0 Å². The first-order valence-corrected chi connectivity index (χ1v) is 6.54. The van der Waals surface area contributed by atoms with E-state index in [9.17, 15) is 4.79 Å². The molecule has 5 heteroatoms. The zero-order valence-corrected chi connectivity index (χ0v) is 13.4. The second-order valence-electron chi connectivity index (χ2n) is 3.70. The van der Waals surface area contributed by atoms with Gasteiger partial charge in [-0.25, -0.2) is 0 Å². The van der Waals surface area contributed by atoms with E-state index in [1.807, 2.05) is 42.5 Å². The van der Waals surface area contributed by atoms with Crippen LogP contribution in [0.2, 0.25) is 0 Å². The Morgan fingerprint density at radius 1 is 1.09 bits per heavy atom. The van der Waals surface area contributed by atoms with Gasteiger partial charge in [0, 0.05) is 6.42 Å². The van der Waals surface area contributed by atoms with Crippen LogP contribution in [0.4, 0.5) is 0 Å². The van der Waals surface area contributed by atoms with Gasteiger partial charge in [0.2, 0.25) is 0 Å². The Labute approximate surface area is 138 Å². The number of carbonyl (C=O) groups excluding carboxylic acids is 1. The Bertz CT molecular complexity index is 548. The van der Waals surface area contributed by atoms with Crippen molar-refractivity contribution >= 4 is 10.6 Å². The van der Waals surface area contributed by atoms with E-state index >= 15 is 0 Å². The Kier molecular flexibility index (Phi) is 15.7. The Morgan fingerprint density at radius 3 is 1.95 bits per heavy atom. The molecule has 0 atom stereocenters. The van der Waals surface area contributed by atoms with Gasteiger partial charge in [-0.2, -0.15) is 0 Å². The van der Waals surface area contributed by atoms with Crippen LogP contribution in [0.3, 0.4) is 0 Å². The molecule has 0 N–H and O–H groups in total. The maximum atomic E-state index is 10.6. The molecule has 0 unspecified atom stereocenters. The SMILES string of the molecule is CC(=O)O[C](=[Mn])c1ccccc1.CC1=CC=C[CH]1.[C-]#[O+].[C-]#[O+]. The first-order chi connectivity index (χ1) is 10.6. The van der Waals surface area contributed by atoms with Crippen molar-refractivity contribution in [2.45, 2.75) is 13.8 Å². The molecule has 0 aromatic heterocycles. The van der Waals surface area contributed by atoms with Crippen molar-refractivity contribution in [3.05, 3.63) is 79.4 Å². The van der Waals surface area contributed by atoms with Crippen LogP contribution in [-0.4, -0.2) is 10.6 Å². The molecule has 0 saturated heterocycles. The summed E-state index contributed by atoms with van der Waals surface area (Å²) in [5.41, 5.74) is 2.20. The monoisotopic (exact) mass is 338 g/mol. The summed E-state index contributed by atoms with van der Waals surface area (Å²) in [6, 6.07) is 9.36. The number of carbonyl (C=O) groups is 1. The van der Waals surface area contributed by atoms with Gasteiger partial charge in [-0.1, -0.05) is 23.8 Å². The average Bonchev–Trinajstić information content (AvgIpc) is 3.03. The molecule has 0 spiro atoms. The van der Waals surface area contributed by atoms with Crippen LogP contribution in [0, 0.1) is 19.7 Å². The predicted octanol–water partition coefficient (Wildman–Crippen LogP) is 2.91. The third kappa shape index (κ3) is 11.8. The van der Waals surface area contributed by atoms with Crippen molar-refractivity contribution in [1.29, 1.82) is 0 Å².